The zero-order chi connectivity index (χ0) is 13.8. The Kier molecular flexibility index (Phi) is 5.22. The molecule has 0 aromatic heterocycles. The van der Waals surface area contributed by atoms with Gasteiger partial charge in [0.25, 0.3) is 0 Å². The number of ether oxygens (including phenoxy) is 1. The number of aliphatic hydroxyl groups excluding tert-OH is 1. The summed E-state index contributed by atoms with van der Waals surface area (Å²) in [5.41, 5.74) is -0.240. The molecule has 5 nitrogen and oxygen atoms in total. The molecular weight excluding hydrogens is 266 g/mol. The van der Waals surface area contributed by atoms with Gasteiger partial charge in [-0.05, 0) is 25.7 Å². The van der Waals surface area contributed by atoms with Gasteiger partial charge in [0, 0.05) is 31.8 Å². The molecule has 1 saturated heterocycles. The van der Waals surface area contributed by atoms with E-state index in [-0.39, 0.29) is 17.3 Å². The molecule has 0 bridgehead atoms. The summed E-state index contributed by atoms with van der Waals surface area (Å²) in [6.07, 6.45) is 6.33. The molecule has 0 spiro atoms. The minimum atomic E-state index is -3.27. The highest BCUT2D eigenvalue weighted by molar-refractivity contribution is 7.90. The van der Waals surface area contributed by atoms with Crippen LogP contribution in [-0.4, -0.2) is 45.1 Å². The van der Waals surface area contributed by atoms with Crippen LogP contribution in [0.2, 0.25) is 0 Å². The van der Waals surface area contributed by atoms with Crippen molar-refractivity contribution >= 4 is 10.0 Å². The Morgan fingerprint density at radius 3 is 2.37 bits per heavy atom. The van der Waals surface area contributed by atoms with Crippen LogP contribution >= 0.6 is 0 Å². The van der Waals surface area contributed by atoms with Crippen molar-refractivity contribution in [2.24, 2.45) is 5.41 Å². The van der Waals surface area contributed by atoms with E-state index in [1.807, 2.05) is 0 Å². The summed E-state index contributed by atoms with van der Waals surface area (Å²) in [5, 5.41) is 9.26. The Morgan fingerprint density at radius 1 is 1.16 bits per heavy atom. The summed E-state index contributed by atoms with van der Waals surface area (Å²) in [6, 6.07) is 0. The Bertz CT molecular complexity index is 370. The molecule has 0 amide bonds. The second-order valence-corrected chi connectivity index (χ2v) is 7.94. The molecule has 2 N–H and O–H groups in total. The number of nitrogens with one attached hydrogen (secondary N) is 1. The van der Waals surface area contributed by atoms with E-state index in [9.17, 15) is 13.5 Å². The van der Waals surface area contributed by atoms with Crippen LogP contribution < -0.4 is 4.72 Å². The normalized spacial score (nSPS) is 25.3. The average molecular weight is 291 g/mol. The van der Waals surface area contributed by atoms with Crippen molar-refractivity contribution in [2.75, 3.05) is 26.4 Å². The first-order chi connectivity index (χ1) is 9.08. The third-order valence-electron chi connectivity index (χ3n) is 4.51. The number of hydrogen-bond donors (Lipinski definition) is 2. The first kappa shape index (κ1) is 15.2. The molecule has 112 valence electrons. The van der Waals surface area contributed by atoms with Crippen molar-refractivity contribution in [3.8, 4) is 0 Å². The van der Waals surface area contributed by atoms with Crippen LogP contribution in [0.25, 0.3) is 0 Å². The van der Waals surface area contributed by atoms with Gasteiger partial charge in [0.2, 0.25) is 10.0 Å². The molecule has 0 radical (unpaired) electrons. The van der Waals surface area contributed by atoms with E-state index in [4.69, 9.17) is 4.74 Å². The van der Waals surface area contributed by atoms with Gasteiger partial charge < -0.3 is 9.84 Å². The summed E-state index contributed by atoms with van der Waals surface area (Å²) in [5.74, 6) is 0. The zero-order valence-electron chi connectivity index (χ0n) is 11.4. The Hall–Kier alpha value is -0.170. The number of sulfonamides is 1. The summed E-state index contributed by atoms with van der Waals surface area (Å²) >= 11 is 0. The maximum Gasteiger partial charge on any atom is 0.214 e. The van der Waals surface area contributed by atoms with Crippen molar-refractivity contribution in [3.63, 3.8) is 0 Å². The van der Waals surface area contributed by atoms with E-state index in [1.54, 1.807) is 0 Å². The highest BCUT2D eigenvalue weighted by Crippen LogP contribution is 2.35. The minimum absolute atomic E-state index is 0.0727. The molecule has 0 aromatic carbocycles. The van der Waals surface area contributed by atoms with Crippen LogP contribution in [0.15, 0.2) is 0 Å². The van der Waals surface area contributed by atoms with Gasteiger partial charge in [-0.2, -0.15) is 0 Å². The number of aliphatic hydroxyl groups is 1. The lowest BCUT2D eigenvalue weighted by molar-refractivity contribution is 0.0854. The van der Waals surface area contributed by atoms with Gasteiger partial charge in [-0.1, -0.05) is 19.3 Å². The lowest BCUT2D eigenvalue weighted by Crippen LogP contribution is -2.45. The molecule has 19 heavy (non-hydrogen) atoms. The fourth-order valence-corrected chi connectivity index (χ4v) is 4.61. The lowest BCUT2D eigenvalue weighted by atomic mass is 9.75. The van der Waals surface area contributed by atoms with E-state index in [0.717, 1.165) is 25.7 Å². The van der Waals surface area contributed by atoms with Gasteiger partial charge in [0.1, 0.15) is 0 Å². The largest absolute Gasteiger partial charge is 0.396 e. The monoisotopic (exact) mass is 291 g/mol. The van der Waals surface area contributed by atoms with Crippen molar-refractivity contribution < 1.29 is 18.3 Å². The average Bonchev–Trinajstić information content (AvgIpc) is 2.47. The molecule has 2 aliphatic rings. The zero-order valence-corrected chi connectivity index (χ0v) is 12.3. The third-order valence-corrected chi connectivity index (χ3v) is 6.40. The second kappa shape index (κ2) is 6.52. The van der Waals surface area contributed by atoms with Gasteiger partial charge in [0.15, 0.2) is 0 Å². The van der Waals surface area contributed by atoms with E-state index in [0.29, 0.717) is 32.6 Å². The molecule has 0 atom stereocenters. The van der Waals surface area contributed by atoms with E-state index in [1.165, 1.54) is 6.42 Å². The fourth-order valence-electron chi connectivity index (χ4n) is 3.05. The topological polar surface area (TPSA) is 75.6 Å². The van der Waals surface area contributed by atoms with Gasteiger partial charge in [-0.15, -0.1) is 0 Å². The molecule has 1 saturated carbocycles. The van der Waals surface area contributed by atoms with Crippen molar-refractivity contribution in [1.82, 2.24) is 4.72 Å². The molecule has 1 aliphatic heterocycles. The Morgan fingerprint density at radius 2 is 1.79 bits per heavy atom. The summed E-state index contributed by atoms with van der Waals surface area (Å²) in [7, 11) is -3.27. The quantitative estimate of drug-likeness (QED) is 0.793. The first-order valence-corrected chi connectivity index (χ1v) is 8.80. The van der Waals surface area contributed by atoms with Gasteiger partial charge >= 0.3 is 0 Å². The SMILES string of the molecule is O=S(=O)(NCC1(CO)CCCCC1)C1CCOCC1. The Labute approximate surface area is 115 Å². The maximum absolute atomic E-state index is 12.2. The van der Waals surface area contributed by atoms with Gasteiger partial charge in [0.05, 0.1) is 5.25 Å². The fraction of sp³-hybridized carbons (Fsp3) is 1.00. The molecule has 2 rings (SSSR count). The molecule has 1 aliphatic carbocycles. The summed E-state index contributed by atoms with van der Waals surface area (Å²) < 4.78 is 32.4. The molecule has 6 heteroatoms. The summed E-state index contributed by atoms with van der Waals surface area (Å²) in [4.78, 5) is 0. The Balaban J connectivity index is 1.92. The van der Waals surface area contributed by atoms with Crippen LogP contribution in [-0.2, 0) is 14.8 Å². The van der Waals surface area contributed by atoms with Crippen molar-refractivity contribution in [3.05, 3.63) is 0 Å². The maximum atomic E-state index is 12.2. The second-order valence-electron chi connectivity index (χ2n) is 5.90. The van der Waals surface area contributed by atoms with Crippen LogP contribution in [0.3, 0.4) is 0 Å². The van der Waals surface area contributed by atoms with Crippen LogP contribution in [0.5, 0.6) is 0 Å². The molecular formula is C13H25NO4S. The van der Waals surface area contributed by atoms with Crippen molar-refractivity contribution in [1.29, 1.82) is 0 Å². The third kappa shape index (κ3) is 3.90. The van der Waals surface area contributed by atoms with Crippen LogP contribution in [0.1, 0.15) is 44.9 Å². The van der Waals surface area contributed by atoms with E-state index >= 15 is 0 Å². The standard InChI is InChI=1S/C13H25NO4S/c15-11-13(6-2-1-3-7-13)10-14-19(16,17)12-4-8-18-9-5-12/h12,14-15H,1-11H2. The van der Waals surface area contributed by atoms with E-state index < -0.39 is 10.0 Å². The minimum Gasteiger partial charge on any atom is -0.396 e. The van der Waals surface area contributed by atoms with E-state index in [2.05, 4.69) is 4.72 Å². The number of rotatable bonds is 5. The number of hydrogen-bond acceptors (Lipinski definition) is 4. The predicted octanol–water partition coefficient (Wildman–Crippen LogP) is 1.03. The molecule has 0 aromatic rings. The molecule has 0 unspecified atom stereocenters. The smallest absolute Gasteiger partial charge is 0.214 e. The first-order valence-electron chi connectivity index (χ1n) is 7.25. The van der Waals surface area contributed by atoms with Gasteiger partial charge in [-0.3, -0.25) is 0 Å². The highest BCUT2D eigenvalue weighted by Gasteiger charge is 2.34. The van der Waals surface area contributed by atoms with Crippen LogP contribution in [0.4, 0.5) is 0 Å². The summed E-state index contributed by atoms with van der Waals surface area (Å²) in [6.45, 7) is 1.50. The molecule has 2 fully saturated rings. The van der Waals surface area contributed by atoms with Crippen LogP contribution in [0, 0.1) is 5.41 Å². The highest BCUT2D eigenvalue weighted by atomic mass is 32.2. The lowest BCUT2D eigenvalue weighted by Gasteiger charge is -2.36. The van der Waals surface area contributed by atoms with Gasteiger partial charge in [-0.25, -0.2) is 13.1 Å². The van der Waals surface area contributed by atoms with Crippen molar-refractivity contribution in [2.45, 2.75) is 50.2 Å². The molecule has 1 heterocycles. The predicted molar refractivity (Wildman–Crippen MR) is 73.4 cm³/mol.